The molecule has 114 valence electrons. The molecule has 0 unspecified atom stereocenters. The molecule has 3 heterocycles. The second-order valence-electron chi connectivity index (χ2n) is 4.73. The van der Waals surface area contributed by atoms with Crippen LogP contribution in [-0.4, -0.2) is 36.3 Å². The van der Waals surface area contributed by atoms with E-state index in [1.54, 1.807) is 38.5 Å². The number of aromatic nitrogens is 2. The number of nitrogens with zero attached hydrogens (tertiary/aromatic N) is 2. The molecule has 0 spiro atoms. The molecule has 3 aromatic heterocycles. The molecule has 0 aliphatic carbocycles. The van der Waals surface area contributed by atoms with Gasteiger partial charge >= 0.3 is 0 Å². The van der Waals surface area contributed by atoms with Crippen LogP contribution in [0.3, 0.4) is 0 Å². The van der Waals surface area contributed by atoms with E-state index in [0.29, 0.717) is 47.0 Å². The number of ether oxygens (including phenoxy) is 1. The first-order valence-electron chi connectivity index (χ1n) is 6.78. The molecule has 3 rings (SSSR count). The summed E-state index contributed by atoms with van der Waals surface area (Å²) in [6.45, 7) is 2.62. The van der Waals surface area contributed by atoms with E-state index in [2.05, 4.69) is 15.5 Å². The van der Waals surface area contributed by atoms with Crippen molar-refractivity contribution in [2.75, 3.05) is 20.3 Å². The second kappa shape index (κ2) is 5.98. The van der Waals surface area contributed by atoms with Gasteiger partial charge in [-0.25, -0.2) is 4.98 Å². The first kappa shape index (κ1) is 14.3. The number of hydrogen-bond donors (Lipinski definition) is 1. The Balaban J connectivity index is 2.06. The standard InChI is InChI=1S/C15H15N3O4/c1-9-13-10(14(19)16-5-7-20-2)8-11(12-4-3-6-21-12)17-15(13)22-18-9/h3-4,6,8H,5,7H2,1-2H3,(H,16,19). The molecule has 3 aromatic rings. The van der Waals surface area contributed by atoms with Crippen LogP contribution in [0.2, 0.25) is 0 Å². The predicted molar refractivity (Wildman–Crippen MR) is 78.5 cm³/mol. The Morgan fingerprint density at radius 3 is 3.05 bits per heavy atom. The van der Waals surface area contributed by atoms with E-state index in [1.165, 1.54) is 0 Å². The maximum Gasteiger partial charge on any atom is 0.259 e. The van der Waals surface area contributed by atoms with Crippen LogP contribution in [0.4, 0.5) is 0 Å². The first-order chi connectivity index (χ1) is 10.7. The SMILES string of the molecule is COCCNC(=O)c1cc(-c2ccco2)nc2onc(C)c12. The summed E-state index contributed by atoms with van der Waals surface area (Å²) in [5.41, 5.74) is 1.89. The zero-order chi connectivity index (χ0) is 15.5. The number of nitrogens with one attached hydrogen (secondary N) is 1. The van der Waals surface area contributed by atoms with Gasteiger partial charge in [0, 0.05) is 13.7 Å². The molecule has 0 aliphatic heterocycles. The van der Waals surface area contributed by atoms with E-state index in [4.69, 9.17) is 13.7 Å². The molecular weight excluding hydrogens is 286 g/mol. The Bertz CT molecular complexity index is 793. The van der Waals surface area contributed by atoms with Crippen LogP contribution in [-0.2, 0) is 4.74 Å². The van der Waals surface area contributed by atoms with Crippen LogP contribution in [0.25, 0.3) is 22.6 Å². The van der Waals surface area contributed by atoms with Crippen molar-refractivity contribution in [2.45, 2.75) is 6.92 Å². The highest BCUT2D eigenvalue weighted by molar-refractivity contribution is 6.06. The van der Waals surface area contributed by atoms with Crippen molar-refractivity contribution in [3.63, 3.8) is 0 Å². The number of pyridine rings is 1. The molecule has 0 saturated heterocycles. The molecule has 0 fully saturated rings. The van der Waals surface area contributed by atoms with Crippen LogP contribution in [0.5, 0.6) is 0 Å². The van der Waals surface area contributed by atoms with Crippen LogP contribution < -0.4 is 5.32 Å². The monoisotopic (exact) mass is 301 g/mol. The van der Waals surface area contributed by atoms with E-state index in [1.807, 2.05) is 0 Å². The molecule has 22 heavy (non-hydrogen) atoms. The Morgan fingerprint density at radius 1 is 1.45 bits per heavy atom. The smallest absolute Gasteiger partial charge is 0.259 e. The minimum atomic E-state index is -0.233. The highest BCUT2D eigenvalue weighted by Crippen LogP contribution is 2.27. The van der Waals surface area contributed by atoms with Gasteiger partial charge in [0.1, 0.15) is 5.69 Å². The average Bonchev–Trinajstić information content (AvgIpc) is 3.17. The van der Waals surface area contributed by atoms with Gasteiger partial charge < -0.3 is 19.0 Å². The number of carbonyl (C=O) groups is 1. The summed E-state index contributed by atoms with van der Waals surface area (Å²) in [4.78, 5) is 16.8. The Labute approximate surface area is 126 Å². The number of hydrogen-bond acceptors (Lipinski definition) is 6. The van der Waals surface area contributed by atoms with E-state index in [9.17, 15) is 4.79 Å². The molecule has 7 heteroatoms. The fourth-order valence-corrected chi connectivity index (χ4v) is 2.19. The lowest BCUT2D eigenvalue weighted by atomic mass is 10.1. The topological polar surface area (TPSA) is 90.4 Å². The summed E-state index contributed by atoms with van der Waals surface area (Å²) in [6.07, 6.45) is 1.55. The van der Waals surface area contributed by atoms with Gasteiger partial charge in [0.2, 0.25) is 0 Å². The Morgan fingerprint density at radius 2 is 2.32 bits per heavy atom. The fraction of sp³-hybridized carbons (Fsp3) is 0.267. The van der Waals surface area contributed by atoms with Gasteiger partial charge in [-0.1, -0.05) is 5.16 Å². The molecule has 1 N–H and O–H groups in total. The summed E-state index contributed by atoms with van der Waals surface area (Å²) in [5, 5.41) is 7.28. The molecule has 0 saturated carbocycles. The van der Waals surface area contributed by atoms with Crippen LogP contribution in [0.1, 0.15) is 16.1 Å². The van der Waals surface area contributed by atoms with Crippen LogP contribution in [0, 0.1) is 6.92 Å². The number of rotatable bonds is 5. The van der Waals surface area contributed by atoms with Gasteiger partial charge in [-0.2, -0.15) is 0 Å². The van der Waals surface area contributed by atoms with Gasteiger partial charge in [0.15, 0.2) is 5.76 Å². The van der Waals surface area contributed by atoms with E-state index < -0.39 is 0 Å². The maximum absolute atomic E-state index is 12.4. The van der Waals surface area contributed by atoms with Crippen molar-refractivity contribution < 1.29 is 18.5 Å². The Hall–Kier alpha value is -2.67. The zero-order valence-electron chi connectivity index (χ0n) is 12.3. The van der Waals surface area contributed by atoms with Crippen molar-refractivity contribution in [3.8, 4) is 11.5 Å². The lowest BCUT2D eigenvalue weighted by Crippen LogP contribution is -2.27. The summed E-state index contributed by atoms with van der Waals surface area (Å²) >= 11 is 0. The highest BCUT2D eigenvalue weighted by atomic mass is 16.5. The lowest BCUT2D eigenvalue weighted by molar-refractivity contribution is 0.0938. The van der Waals surface area contributed by atoms with Crippen molar-refractivity contribution in [2.24, 2.45) is 0 Å². The van der Waals surface area contributed by atoms with Gasteiger partial charge in [-0.05, 0) is 25.1 Å². The number of amides is 1. The lowest BCUT2D eigenvalue weighted by Gasteiger charge is -2.07. The molecule has 1 amide bonds. The molecule has 7 nitrogen and oxygen atoms in total. The van der Waals surface area contributed by atoms with Crippen molar-refractivity contribution in [1.82, 2.24) is 15.5 Å². The number of furan rings is 1. The van der Waals surface area contributed by atoms with Crippen molar-refractivity contribution in [1.29, 1.82) is 0 Å². The number of carbonyl (C=O) groups excluding carboxylic acids is 1. The van der Waals surface area contributed by atoms with E-state index in [0.717, 1.165) is 0 Å². The largest absolute Gasteiger partial charge is 0.463 e. The third-order valence-corrected chi connectivity index (χ3v) is 3.23. The van der Waals surface area contributed by atoms with Gasteiger partial charge in [0.05, 0.1) is 29.5 Å². The summed E-state index contributed by atoms with van der Waals surface area (Å²) in [5.74, 6) is 0.324. The van der Waals surface area contributed by atoms with E-state index >= 15 is 0 Å². The number of aryl methyl sites for hydroxylation is 1. The first-order valence-corrected chi connectivity index (χ1v) is 6.78. The second-order valence-corrected chi connectivity index (χ2v) is 4.73. The number of methoxy groups -OCH3 is 1. The number of fused-ring (bicyclic) bond motifs is 1. The fourth-order valence-electron chi connectivity index (χ4n) is 2.19. The average molecular weight is 301 g/mol. The molecule has 0 bridgehead atoms. The minimum absolute atomic E-state index is 0.233. The van der Waals surface area contributed by atoms with Gasteiger partial charge in [0.25, 0.3) is 11.6 Å². The molecule has 0 aliphatic rings. The van der Waals surface area contributed by atoms with Crippen LogP contribution in [0.15, 0.2) is 33.4 Å². The highest BCUT2D eigenvalue weighted by Gasteiger charge is 2.19. The quantitative estimate of drug-likeness (QED) is 0.726. The van der Waals surface area contributed by atoms with Gasteiger partial charge in [-0.3, -0.25) is 4.79 Å². The van der Waals surface area contributed by atoms with E-state index in [-0.39, 0.29) is 5.91 Å². The normalized spacial score (nSPS) is 11.0. The molecule has 0 atom stereocenters. The molecule has 0 aromatic carbocycles. The third kappa shape index (κ3) is 2.58. The zero-order valence-corrected chi connectivity index (χ0v) is 12.3. The van der Waals surface area contributed by atoms with Crippen molar-refractivity contribution >= 4 is 17.0 Å². The Kier molecular flexibility index (Phi) is 3.88. The minimum Gasteiger partial charge on any atom is -0.463 e. The third-order valence-electron chi connectivity index (χ3n) is 3.23. The van der Waals surface area contributed by atoms with Gasteiger partial charge in [-0.15, -0.1) is 0 Å². The molecule has 0 radical (unpaired) electrons. The molecular formula is C15H15N3O4. The summed E-state index contributed by atoms with van der Waals surface area (Å²) in [6, 6.07) is 5.20. The summed E-state index contributed by atoms with van der Waals surface area (Å²) in [7, 11) is 1.58. The maximum atomic E-state index is 12.4. The summed E-state index contributed by atoms with van der Waals surface area (Å²) < 4.78 is 15.5. The predicted octanol–water partition coefficient (Wildman–Crippen LogP) is 2.17. The van der Waals surface area contributed by atoms with Crippen LogP contribution >= 0.6 is 0 Å². The van der Waals surface area contributed by atoms with Crippen molar-refractivity contribution in [3.05, 3.63) is 35.7 Å².